The van der Waals surface area contributed by atoms with Crippen molar-refractivity contribution in [3.63, 3.8) is 0 Å². The summed E-state index contributed by atoms with van der Waals surface area (Å²) in [6.07, 6.45) is 2.53. The van der Waals surface area contributed by atoms with Crippen molar-refractivity contribution >= 4 is 11.7 Å². The molecule has 0 saturated heterocycles. The van der Waals surface area contributed by atoms with Crippen LogP contribution >= 0.6 is 0 Å². The maximum absolute atomic E-state index is 11.2. The largest absolute Gasteiger partial charge is 0.478 e. The van der Waals surface area contributed by atoms with Crippen LogP contribution in [0.25, 0.3) is 0 Å². The number of rotatable bonds is 4. The summed E-state index contributed by atoms with van der Waals surface area (Å²) in [5.74, 6) is -0.128. The summed E-state index contributed by atoms with van der Waals surface area (Å²) in [4.78, 5) is 13.3. The third kappa shape index (κ3) is 2.43. The van der Waals surface area contributed by atoms with Crippen LogP contribution in [-0.2, 0) is 0 Å². The van der Waals surface area contributed by atoms with Gasteiger partial charge in [0.15, 0.2) is 0 Å². The molecule has 0 amide bonds. The number of carboxylic acids is 1. The van der Waals surface area contributed by atoms with Crippen LogP contribution < -0.4 is 4.90 Å². The molecule has 1 saturated carbocycles. The minimum absolute atomic E-state index is 0.394. The van der Waals surface area contributed by atoms with Gasteiger partial charge in [-0.15, -0.1) is 0 Å². The summed E-state index contributed by atoms with van der Waals surface area (Å²) < 4.78 is 0. The minimum Gasteiger partial charge on any atom is -0.478 e. The van der Waals surface area contributed by atoms with Crippen molar-refractivity contribution in [3.05, 3.63) is 29.3 Å². The van der Waals surface area contributed by atoms with Gasteiger partial charge in [0.2, 0.25) is 0 Å². The lowest BCUT2D eigenvalue weighted by molar-refractivity contribution is 0.0697. The Labute approximate surface area is 102 Å². The van der Waals surface area contributed by atoms with Gasteiger partial charge in [0.1, 0.15) is 0 Å². The van der Waals surface area contributed by atoms with Gasteiger partial charge in [-0.1, -0.05) is 6.07 Å². The maximum Gasteiger partial charge on any atom is 0.337 e. The van der Waals surface area contributed by atoms with Gasteiger partial charge in [-0.2, -0.15) is 0 Å². The van der Waals surface area contributed by atoms with Crippen molar-refractivity contribution in [1.29, 1.82) is 0 Å². The maximum atomic E-state index is 11.2. The number of hydrogen-bond acceptors (Lipinski definition) is 2. The van der Waals surface area contributed by atoms with Gasteiger partial charge in [-0.05, 0) is 50.3 Å². The van der Waals surface area contributed by atoms with E-state index in [1.165, 1.54) is 12.8 Å². The normalized spacial score (nSPS) is 16.6. The number of benzene rings is 1. The molecule has 0 bridgehead atoms. The second-order valence-electron chi connectivity index (χ2n) is 5.01. The Morgan fingerprint density at radius 2 is 2.12 bits per heavy atom. The van der Waals surface area contributed by atoms with Crippen molar-refractivity contribution in [2.45, 2.75) is 32.7 Å². The summed E-state index contributed by atoms with van der Waals surface area (Å²) in [5.41, 5.74) is 2.32. The summed E-state index contributed by atoms with van der Waals surface area (Å²) in [6.45, 7) is 4.16. The van der Waals surface area contributed by atoms with Gasteiger partial charge in [0.05, 0.1) is 11.3 Å². The van der Waals surface area contributed by atoms with Crippen LogP contribution in [0.5, 0.6) is 0 Å². The summed E-state index contributed by atoms with van der Waals surface area (Å²) in [7, 11) is 1.99. The third-order valence-corrected chi connectivity index (χ3v) is 3.68. The quantitative estimate of drug-likeness (QED) is 0.869. The Bertz CT molecular complexity index is 438. The van der Waals surface area contributed by atoms with Gasteiger partial charge in [0, 0.05) is 13.1 Å². The molecule has 1 atom stereocenters. The van der Waals surface area contributed by atoms with Crippen molar-refractivity contribution in [3.8, 4) is 0 Å². The molecule has 0 aliphatic heterocycles. The Balaban J connectivity index is 2.34. The van der Waals surface area contributed by atoms with Gasteiger partial charge in [-0.3, -0.25) is 0 Å². The molecule has 1 fully saturated rings. The fraction of sp³-hybridized carbons (Fsp3) is 0.500. The van der Waals surface area contributed by atoms with Gasteiger partial charge >= 0.3 is 5.97 Å². The zero-order valence-electron chi connectivity index (χ0n) is 10.6. The molecule has 0 radical (unpaired) electrons. The molecule has 3 nitrogen and oxygen atoms in total. The number of carbonyl (C=O) groups is 1. The fourth-order valence-electron chi connectivity index (χ4n) is 2.23. The van der Waals surface area contributed by atoms with Crippen LogP contribution in [0.3, 0.4) is 0 Å². The molecule has 2 rings (SSSR count). The lowest BCUT2D eigenvalue weighted by Gasteiger charge is -2.28. The van der Waals surface area contributed by atoms with Crippen molar-refractivity contribution in [1.82, 2.24) is 0 Å². The molecule has 1 unspecified atom stereocenters. The molecule has 0 spiro atoms. The van der Waals surface area contributed by atoms with Crippen molar-refractivity contribution < 1.29 is 9.90 Å². The second kappa shape index (κ2) is 4.40. The molecule has 1 aromatic carbocycles. The number of anilines is 1. The van der Waals surface area contributed by atoms with Gasteiger partial charge < -0.3 is 10.0 Å². The SMILES string of the molecule is Cc1ccc(C(=O)O)c(N(C)C(C)C2CC2)c1. The summed E-state index contributed by atoms with van der Waals surface area (Å²) in [5, 5.41) is 9.21. The first-order valence-corrected chi connectivity index (χ1v) is 6.07. The first kappa shape index (κ1) is 12.0. The van der Waals surface area contributed by atoms with Crippen LogP contribution in [0, 0.1) is 12.8 Å². The van der Waals surface area contributed by atoms with E-state index in [1.54, 1.807) is 6.07 Å². The van der Waals surface area contributed by atoms with Gasteiger partial charge in [-0.25, -0.2) is 4.79 Å². The minimum atomic E-state index is -0.852. The Morgan fingerprint density at radius 3 is 2.65 bits per heavy atom. The number of carboxylic acid groups (broad SMARTS) is 1. The standard InChI is InChI=1S/C14H19NO2/c1-9-4-7-12(14(16)17)13(8-9)15(3)10(2)11-5-6-11/h4,7-8,10-11H,5-6H2,1-3H3,(H,16,17). The molecule has 1 aliphatic carbocycles. The van der Waals surface area contributed by atoms with Crippen LogP contribution in [0.15, 0.2) is 18.2 Å². The molecular weight excluding hydrogens is 214 g/mol. The van der Waals surface area contributed by atoms with Crippen LogP contribution in [0.4, 0.5) is 5.69 Å². The molecule has 17 heavy (non-hydrogen) atoms. The van der Waals surface area contributed by atoms with E-state index in [0.717, 1.165) is 17.2 Å². The second-order valence-corrected chi connectivity index (χ2v) is 5.01. The Morgan fingerprint density at radius 1 is 1.47 bits per heavy atom. The van der Waals surface area contributed by atoms with E-state index in [-0.39, 0.29) is 0 Å². The lowest BCUT2D eigenvalue weighted by atomic mass is 10.1. The molecular formula is C14H19NO2. The fourth-order valence-corrected chi connectivity index (χ4v) is 2.23. The smallest absolute Gasteiger partial charge is 0.337 e. The Kier molecular flexibility index (Phi) is 3.09. The molecule has 1 N–H and O–H groups in total. The van der Waals surface area contributed by atoms with E-state index >= 15 is 0 Å². The molecule has 92 valence electrons. The highest BCUT2D eigenvalue weighted by atomic mass is 16.4. The lowest BCUT2D eigenvalue weighted by Crippen LogP contribution is -2.31. The summed E-state index contributed by atoms with van der Waals surface area (Å²) in [6, 6.07) is 5.92. The molecule has 0 heterocycles. The van der Waals surface area contributed by atoms with E-state index in [4.69, 9.17) is 0 Å². The highest BCUT2D eigenvalue weighted by molar-refractivity contribution is 5.94. The first-order valence-electron chi connectivity index (χ1n) is 6.07. The monoisotopic (exact) mass is 233 g/mol. The number of hydrogen-bond donors (Lipinski definition) is 1. The van der Waals surface area contributed by atoms with E-state index in [1.807, 2.05) is 26.1 Å². The topological polar surface area (TPSA) is 40.5 Å². The highest BCUT2D eigenvalue weighted by Crippen LogP contribution is 2.37. The predicted molar refractivity (Wildman–Crippen MR) is 68.7 cm³/mol. The van der Waals surface area contributed by atoms with E-state index < -0.39 is 5.97 Å². The average molecular weight is 233 g/mol. The van der Waals surface area contributed by atoms with E-state index in [2.05, 4.69) is 11.8 Å². The van der Waals surface area contributed by atoms with Crippen molar-refractivity contribution in [2.24, 2.45) is 5.92 Å². The Hall–Kier alpha value is -1.51. The zero-order valence-corrected chi connectivity index (χ0v) is 10.6. The number of nitrogens with zero attached hydrogens (tertiary/aromatic N) is 1. The number of aromatic carboxylic acids is 1. The zero-order chi connectivity index (χ0) is 12.6. The molecule has 3 heteroatoms. The highest BCUT2D eigenvalue weighted by Gasteiger charge is 2.31. The van der Waals surface area contributed by atoms with E-state index in [9.17, 15) is 9.90 Å². The molecule has 1 aliphatic rings. The third-order valence-electron chi connectivity index (χ3n) is 3.68. The molecule has 0 aromatic heterocycles. The number of aryl methyl sites for hydroxylation is 1. The van der Waals surface area contributed by atoms with E-state index in [0.29, 0.717) is 11.6 Å². The van der Waals surface area contributed by atoms with Crippen LogP contribution in [0.1, 0.15) is 35.7 Å². The van der Waals surface area contributed by atoms with Crippen LogP contribution in [0.2, 0.25) is 0 Å². The average Bonchev–Trinajstić information content (AvgIpc) is 3.10. The first-order chi connectivity index (χ1) is 8.00. The predicted octanol–water partition coefficient (Wildman–Crippen LogP) is 2.93. The van der Waals surface area contributed by atoms with Gasteiger partial charge in [0.25, 0.3) is 0 Å². The summed E-state index contributed by atoms with van der Waals surface area (Å²) >= 11 is 0. The van der Waals surface area contributed by atoms with Crippen molar-refractivity contribution in [2.75, 3.05) is 11.9 Å². The van der Waals surface area contributed by atoms with Crippen LogP contribution in [-0.4, -0.2) is 24.2 Å². The molecule has 1 aromatic rings.